The molecular weight excluding hydrogens is 322 g/mol. The minimum absolute atomic E-state index is 0.0125. The van der Waals surface area contributed by atoms with Gasteiger partial charge in [-0.1, -0.05) is 12.1 Å². The number of halogens is 1. The largest absolute Gasteiger partial charge is 0.458 e. The third-order valence-corrected chi connectivity index (χ3v) is 3.77. The molecule has 2 heterocycles. The average molecular weight is 336 g/mol. The second kappa shape index (κ2) is 5.34. The summed E-state index contributed by atoms with van der Waals surface area (Å²) in [7, 11) is 3.65. The van der Waals surface area contributed by atoms with Crippen molar-refractivity contribution >= 4 is 26.9 Å². The summed E-state index contributed by atoms with van der Waals surface area (Å²) >= 11 is 3.50. The van der Waals surface area contributed by atoms with E-state index in [0.717, 1.165) is 21.2 Å². The number of para-hydroxylation sites is 1. The minimum atomic E-state index is 0.0125. The van der Waals surface area contributed by atoms with Crippen molar-refractivity contribution in [2.45, 2.75) is 12.5 Å². The van der Waals surface area contributed by atoms with Crippen LogP contribution in [0, 0.1) is 0 Å². The smallest absolute Gasteiger partial charge is 0.176 e. The lowest BCUT2D eigenvalue weighted by Crippen LogP contribution is -2.19. The van der Waals surface area contributed by atoms with Crippen LogP contribution in [0.2, 0.25) is 0 Å². The number of fused-ring (bicyclic) bond motifs is 1. The summed E-state index contributed by atoms with van der Waals surface area (Å²) in [4.78, 5) is 1.46. The van der Waals surface area contributed by atoms with Crippen molar-refractivity contribution in [3.05, 3.63) is 40.3 Å². The lowest BCUT2D eigenvalue weighted by molar-refractivity contribution is 0.444. The van der Waals surface area contributed by atoms with Crippen LogP contribution in [-0.4, -0.2) is 27.3 Å². The maximum Gasteiger partial charge on any atom is 0.176 e. The molecule has 3 aromatic rings. The lowest BCUT2D eigenvalue weighted by Gasteiger charge is -2.10. The van der Waals surface area contributed by atoms with Gasteiger partial charge in [0.25, 0.3) is 0 Å². The fraction of sp³-hybridized carbons (Fsp3) is 0.308. The standard InChI is InChI=1S/C13H14BrN5O/c1-15-10(7-12-16-18-19(2)17-12)11-6-8-4-3-5-9(14)13(8)20-11/h3-6,10,15H,7H2,1-2H3. The Kier molecular flexibility index (Phi) is 3.54. The SMILES string of the molecule is CNC(Cc1nnn(C)n1)c1cc2cccc(Br)c2o1. The summed E-state index contributed by atoms with van der Waals surface area (Å²) in [6, 6.07) is 8.04. The summed E-state index contributed by atoms with van der Waals surface area (Å²) in [5, 5.41) is 16.4. The molecule has 0 bridgehead atoms. The molecule has 0 aliphatic carbocycles. The van der Waals surface area contributed by atoms with Crippen molar-refractivity contribution in [2.75, 3.05) is 7.05 Å². The van der Waals surface area contributed by atoms with E-state index in [2.05, 4.69) is 36.7 Å². The molecule has 0 saturated heterocycles. The van der Waals surface area contributed by atoms with Crippen LogP contribution in [0.3, 0.4) is 0 Å². The molecule has 2 aromatic heterocycles. The van der Waals surface area contributed by atoms with Gasteiger partial charge in [0.2, 0.25) is 0 Å². The summed E-state index contributed by atoms with van der Waals surface area (Å²) in [6.45, 7) is 0. The highest BCUT2D eigenvalue weighted by atomic mass is 79.9. The molecule has 0 aliphatic heterocycles. The van der Waals surface area contributed by atoms with E-state index >= 15 is 0 Å². The first-order chi connectivity index (χ1) is 9.67. The fourth-order valence-electron chi connectivity index (χ4n) is 2.15. The van der Waals surface area contributed by atoms with Crippen molar-refractivity contribution in [3.63, 3.8) is 0 Å². The van der Waals surface area contributed by atoms with Gasteiger partial charge in [-0.05, 0) is 40.3 Å². The van der Waals surface area contributed by atoms with Crippen LogP contribution >= 0.6 is 15.9 Å². The summed E-state index contributed by atoms with van der Waals surface area (Å²) in [5.74, 6) is 1.55. The highest BCUT2D eigenvalue weighted by Crippen LogP contribution is 2.30. The number of hydrogen-bond donors (Lipinski definition) is 1. The van der Waals surface area contributed by atoms with Gasteiger partial charge in [-0.15, -0.1) is 10.2 Å². The molecule has 3 rings (SSSR count). The molecule has 0 fully saturated rings. The molecule has 1 atom stereocenters. The van der Waals surface area contributed by atoms with Gasteiger partial charge in [0.05, 0.1) is 17.6 Å². The molecule has 20 heavy (non-hydrogen) atoms. The van der Waals surface area contributed by atoms with Crippen LogP contribution in [0.5, 0.6) is 0 Å². The third-order valence-electron chi connectivity index (χ3n) is 3.14. The van der Waals surface area contributed by atoms with E-state index in [1.165, 1.54) is 4.80 Å². The molecule has 0 saturated carbocycles. The highest BCUT2D eigenvalue weighted by molar-refractivity contribution is 9.10. The van der Waals surface area contributed by atoms with Gasteiger partial charge >= 0.3 is 0 Å². The monoisotopic (exact) mass is 335 g/mol. The molecule has 6 nitrogen and oxygen atoms in total. The molecule has 0 radical (unpaired) electrons. The zero-order valence-corrected chi connectivity index (χ0v) is 12.8. The third kappa shape index (κ3) is 2.46. The molecule has 104 valence electrons. The maximum atomic E-state index is 5.94. The minimum Gasteiger partial charge on any atom is -0.458 e. The van der Waals surface area contributed by atoms with Crippen molar-refractivity contribution in [2.24, 2.45) is 7.05 Å². The second-order valence-corrected chi connectivity index (χ2v) is 5.40. The number of furan rings is 1. The van der Waals surface area contributed by atoms with Crippen LogP contribution in [0.1, 0.15) is 17.6 Å². The van der Waals surface area contributed by atoms with Crippen molar-refractivity contribution in [3.8, 4) is 0 Å². The van der Waals surface area contributed by atoms with E-state index in [4.69, 9.17) is 4.42 Å². The summed E-state index contributed by atoms with van der Waals surface area (Å²) < 4.78 is 6.89. The van der Waals surface area contributed by atoms with E-state index in [0.29, 0.717) is 12.2 Å². The molecule has 0 amide bonds. The number of nitrogens with one attached hydrogen (secondary N) is 1. The quantitative estimate of drug-likeness (QED) is 0.791. The van der Waals surface area contributed by atoms with Gasteiger partial charge in [0.15, 0.2) is 5.82 Å². The maximum absolute atomic E-state index is 5.94. The first-order valence-electron chi connectivity index (χ1n) is 6.25. The molecular formula is C13H14BrN5O. The normalized spacial score (nSPS) is 12.9. The Hall–Kier alpha value is -1.73. The van der Waals surface area contributed by atoms with Gasteiger partial charge in [-0.2, -0.15) is 4.80 Å². The number of likely N-dealkylation sites (N-methyl/N-ethyl adjacent to an activating group) is 1. The summed E-state index contributed by atoms with van der Waals surface area (Å²) in [6.07, 6.45) is 0.627. The van der Waals surface area contributed by atoms with Crippen LogP contribution in [0.15, 0.2) is 33.2 Å². The average Bonchev–Trinajstić information content (AvgIpc) is 3.03. The van der Waals surface area contributed by atoms with E-state index in [9.17, 15) is 0 Å². The van der Waals surface area contributed by atoms with Gasteiger partial charge in [0.1, 0.15) is 11.3 Å². The fourth-order valence-corrected chi connectivity index (χ4v) is 2.61. The van der Waals surface area contributed by atoms with Gasteiger partial charge in [-0.3, -0.25) is 0 Å². The molecule has 1 aromatic carbocycles. The molecule has 0 aliphatic rings. The van der Waals surface area contributed by atoms with E-state index in [-0.39, 0.29) is 6.04 Å². The number of aromatic nitrogens is 4. The number of hydrogen-bond acceptors (Lipinski definition) is 5. The van der Waals surface area contributed by atoms with Crippen molar-refractivity contribution < 1.29 is 4.42 Å². The van der Waals surface area contributed by atoms with E-state index < -0.39 is 0 Å². The van der Waals surface area contributed by atoms with Crippen LogP contribution < -0.4 is 5.32 Å². The lowest BCUT2D eigenvalue weighted by atomic mass is 10.1. The van der Waals surface area contributed by atoms with Crippen molar-refractivity contribution in [1.82, 2.24) is 25.5 Å². The Morgan fingerprint density at radius 1 is 1.45 bits per heavy atom. The predicted molar refractivity (Wildman–Crippen MR) is 78.2 cm³/mol. The number of rotatable bonds is 4. The first kappa shape index (κ1) is 13.3. The number of nitrogens with zero attached hydrogens (tertiary/aromatic N) is 4. The number of aryl methyl sites for hydroxylation is 1. The Morgan fingerprint density at radius 2 is 2.30 bits per heavy atom. The van der Waals surface area contributed by atoms with Crippen molar-refractivity contribution in [1.29, 1.82) is 0 Å². The van der Waals surface area contributed by atoms with Gasteiger partial charge < -0.3 is 9.73 Å². The van der Waals surface area contributed by atoms with Gasteiger partial charge in [0, 0.05) is 11.8 Å². The Labute approximate surface area is 124 Å². The van der Waals surface area contributed by atoms with Crippen LogP contribution in [0.25, 0.3) is 11.0 Å². The zero-order valence-electron chi connectivity index (χ0n) is 11.2. The van der Waals surface area contributed by atoms with E-state index in [1.54, 1.807) is 7.05 Å². The summed E-state index contributed by atoms with van der Waals surface area (Å²) in [5.41, 5.74) is 0.856. The van der Waals surface area contributed by atoms with Crippen LogP contribution in [0.4, 0.5) is 0 Å². The molecule has 1 unspecified atom stereocenters. The predicted octanol–water partition coefficient (Wildman–Crippen LogP) is 2.22. The Bertz CT molecular complexity index is 735. The van der Waals surface area contributed by atoms with Gasteiger partial charge in [-0.25, -0.2) is 0 Å². The van der Waals surface area contributed by atoms with E-state index in [1.807, 2.05) is 31.3 Å². The number of benzene rings is 1. The topological polar surface area (TPSA) is 68.8 Å². The Balaban J connectivity index is 1.92. The second-order valence-electron chi connectivity index (χ2n) is 4.55. The zero-order chi connectivity index (χ0) is 14.1. The molecule has 7 heteroatoms. The molecule has 0 spiro atoms. The Morgan fingerprint density at radius 3 is 2.95 bits per heavy atom. The first-order valence-corrected chi connectivity index (χ1v) is 7.05. The highest BCUT2D eigenvalue weighted by Gasteiger charge is 2.18. The molecule has 1 N–H and O–H groups in total. The van der Waals surface area contributed by atoms with Crippen LogP contribution in [-0.2, 0) is 13.5 Å². The number of tetrazole rings is 1.